The molecule has 86 valence electrons. The van der Waals surface area contributed by atoms with Crippen molar-refractivity contribution in [1.82, 2.24) is 0 Å². The molecule has 0 saturated carbocycles. The van der Waals surface area contributed by atoms with E-state index in [-0.39, 0.29) is 0 Å². The summed E-state index contributed by atoms with van der Waals surface area (Å²) < 4.78 is 5.26. The summed E-state index contributed by atoms with van der Waals surface area (Å²) in [7, 11) is 0. The Morgan fingerprint density at radius 3 is 2.88 bits per heavy atom. The van der Waals surface area contributed by atoms with Crippen molar-refractivity contribution in [3.8, 4) is 11.8 Å². The minimum Gasteiger partial charge on any atom is -0.465 e. The summed E-state index contributed by atoms with van der Waals surface area (Å²) in [5.41, 5.74) is 0.400. The van der Waals surface area contributed by atoms with Crippen molar-refractivity contribution in [1.29, 1.82) is 5.26 Å². The Balaban J connectivity index is 2.61. The van der Waals surface area contributed by atoms with Crippen LogP contribution < -0.4 is 4.74 Å². The highest BCUT2D eigenvalue weighted by atomic mass is 35.5. The molecule has 0 aromatic heterocycles. The van der Waals surface area contributed by atoms with Crippen LogP contribution in [0.4, 0.5) is 0 Å². The second-order valence-corrected chi connectivity index (χ2v) is 3.88. The van der Waals surface area contributed by atoms with Crippen LogP contribution in [0.3, 0.4) is 0 Å². The molecule has 0 radical (unpaired) electrons. The molecule has 1 rings (SSSR count). The molecule has 0 bridgehead atoms. The SMILES string of the molecule is CCCCC(O)Oc1ccc(C#N)c(Cl)c1. The first-order chi connectivity index (χ1) is 7.67. The van der Waals surface area contributed by atoms with Gasteiger partial charge >= 0.3 is 0 Å². The van der Waals surface area contributed by atoms with Gasteiger partial charge in [0.1, 0.15) is 11.8 Å². The highest BCUT2D eigenvalue weighted by Gasteiger charge is 2.07. The molecule has 4 heteroatoms. The molecular weight excluding hydrogens is 226 g/mol. The lowest BCUT2D eigenvalue weighted by Crippen LogP contribution is -2.15. The van der Waals surface area contributed by atoms with E-state index in [1.54, 1.807) is 12.1 Å². The summed E-state index contributed by atoms with van der Waals surface area (Å²) in [5.74, 6) is 0.479. The molecule has 1 atom stereocenters. The van der Waals surface area contributed by atoms with E-state index in [1.807, 2.05) is 13.0 Å². The number of hydrogen-bond acceptors (Lipinski definition) is 3. The Morgan fingerprint density at radius 2 is 2.31 bits per heavy atom. The van der Waals surface area contributed by atoms with Crippen molar-refractivity contribution in [3.05, 3.63) is 28.8 Å². The number of unbranched alkanes of at least 4 members (excludes halogenated alkanes) is 1. The highest BCUT2D eigenvalue weighted by Crippen LogP contribution is 2.23. The normalized spacial score (nSPS) is 11.9. The minimum absolute atomic E-state index is 0.336. The van der Waals surface area contributed by atoms with Crippen LogP contribution in [-0.2, 0) is 0 Å². The average molecular weight is 240 g/mol. The first kappa shape index (κ1) is 12.8. The van der Waals surface area contributed by atoms with Crippen molar-refractivity contribution in [2.75, 3.05) is 0 Å². The van der Waals surface area contributed by atoms with Gasteiger partial charge in [0, 0.05) is 12.5 Å². The molecule has 1 aromatic rings. The first-order valence-electron chi connectivity index (χ1n) is 5.21. The number of ether oxygens (including phenoxy) is 1. The number of nitrogens with zero attached hydrogens (tertiary/aromatic N) is 1. The Morgan fingerprint density at radius 1 is 1.56 bits per heavy atom. The van der Waals surface area contributed by atoms with Crippen molar-refractivity contribution in [3.63, 3.8) is 0 Å². The predicted octanol–water partition coefficient (Wildman–Crippen LogP) is 3.10. The van der Waals surface area contributed by atoms with Crippen molar-refractivity contribution in [2.45, 2.75) is 32.5 Å². The fourth-order valence-corrected chi connectivity index (χ4v) is 1.47. The maximum absolute atomic E-state index is 9.52. The van der Waals surface area contributed by atoms with E-state index in [4.69, 9.17) is 21.6 Å². The van der Waals surface area contributed by atoms with Gasteiger partial charge in [-0.3, -0.25) is 0 Å². The van der Waals surface area contributed by atoms with Gasteiger partial charge in [0.05, 0.1) is 10.6 Å². The summed E-state index contributed by atoms with van der Waals surface area (Å²) in [4.78, 5) is 0. The minimum atomic E-state index is -0.816. The Labute approximate surface area is 100 Å². The molecule has 1 aromatic carbocycles. The third-order valence-corrected chi connectivity index (χ3v) is 2.45. The van der Waals surface area contributed by atoms with Gasteiger partial charge in [0.2, 0.25) is 0 Å². The van der Waals surface area contributed by atoms with Crippen LogP contribution in [0, 0.1) is 11.3 Å². The van der Waals surface area contributed by atoms with E-state index in [2.05, 4.69) is 0 Å². The lowest BCUT2D eigenvalue weighted by molar-refractivity contribution is -0.0243. The smallest absolute Gasteiger partial charge is 0.197 e. The highest BCUT2D eigenvalue weighted by molar-refractivity contribution is 6.31. The second kappa shape index (κ2) is 6.37. The van der Waals surface area contributed by atoms with Crippen LogP contribution in [0.2, 0.25) is 5.02 Å². The van der Waals surface area contributed by atoms with E-state index in [0.717, 1.165) is 12.8 Å². The molecule has 0 saturated heterocycles. The zero-order valence-corrected chi connectivity index (χ0v) is 9.87. The van der Waals surface area contributed by atoms with E-state index >= 15 is 0 Å². The third kappa shape index (κ3) is 3.73. The quantitative estimate of drug-likeness (QED) is 0.804. The van der Waals surface area contributed by atoms with Gasteiger partial charge in [-0.25, -0.2) is 0 Å². The zero-order valence-electron chi connectivity index (χ0n) is 9.11. The number of halogens is 1. The van der Waals surface area contributed by atoms with Crippen LogP contribution in [0.25, 0.3) is 0 Å². The second-order valence-electron chi connectivity index (χ2n) is 3.47. The van der Waals surface area contributed by atoms with Crippen molar-refractivity contribution < 1.29 is 9.84 Å². The maximum atomic E-state index is 9.52. The van der Waals surface area contributed by atoms with E-state index in [1.165, 1.54) is 6.07 Å². The van der Waals surface area contributed by atoms with E-state index in [9.17, 15) is 5.11 Å². The molecule has 0 aliphatic carbocycles. The topological polar surface area (TPSA) is 53.2 Å². The van der Waals surface area contributed by atoms with Gasteiger partial charge in [-0.05, 0) is 18.6 Å². The first-order valence-corrected chi connectivity index (χ1v) is 5.59. The summed E-state index contributed by atoms with van der Waals surface area (Å²) in [6.07, 6.45) is 1.69. The number of aliphatic hydroxyl groups is 1. The third-order valence-electron chi connectivity index (χ3n) is 2.14. The van der Waals surface area contributed by atoms with Gasteiger partial charge in [-0.2, -0.15) is 5.26 Å². The standard InChI is InChI=1S/C12H14ClNO2/c1-2-3-4-12(15)16-10-6-5-9(8-14)11(13)7-10/h5-7,12,15H,2-4H2,1H3. The molecule has 0 aliphatic heterocycles. The summed E-state index contributed by atoms with van der Waals surface area (Å²) >= 11 is 5.83. The molecule has 1 unspecified atom stereocenters. The molecule has 1 N–H and O–H groups in total. The molecule has 0 amide bonds. The van der Waals surface area contributed by atoms with E-state index in [0.29, 0.717) is 22.8 Å². The zero-order chi connectivity index (χ0) is 12.0. The van der Waals surface area contributed by atoms with Gasteiger partial charge in [0.15, 0.2) is 6.29 Å². The average Bonchev–Trinajstić information content (AvgIpc) is 2.26. The fourth-order valence-electron chi connectivity index (χ4n) is 1.25. The molecule has 0 heterocycles. The number of benzene rings is 1. The van der Waals surface area contributed by atoms with Crippen LogP contribution in [0.1, 0.15) is 31.7 Å². The van der Waals surface area contributed by atoms with Gasteiger partial charge in [-0.1, -0.05) is 24.9 Å². The molecule has 3 nitrogen and oxygen atoms in total. The number of hydrogen-bond donors (Lipinski definition) is 1. The fraction of sp³-hybridized carbons (Fsp3) is 0.417. The Kier molecular flexibility index (Phi) is 5.10. The van der Waals surface area contributed by atoms with E-state index < -0.39 is 6.29 Å². The Bertz CT molecular complexity index is 387. The Hall–Kier alpha value is -1.24. The molecule has 0 aliphatic rings. The van der Waals surface area contributed by atoms with Gasteiger partial charge in [-0.15, -0.1) is 0 Å². The van der Waals surface area contributed by atoms with Crippen LogP contribution in [-0.4, -0.2) is 11.4 Å². The number of aliphatic hydroxyl groups excluding tert-OH is 1. The van der Waals surface area contributed by atoms with Gasteiger partial charge in [0.25, 0.3) is 0 Å². The largest absolute Gasteiger partial charge is 0.465 e. The summed E-state index contributed by atoms with van der Waals surface area (Å²) in [6, 6.07) is 6.70. The number of nitriles is 1. The molecule has 16 heavy (non-hydrogen) atoms. The van der Waals surface area contributed by atoms with Crippen molar-refractivity contribution in [2.24, 2.45) is 0 Å². The number of rotatable bonds is 5. The van der Waals surface area contributed by atoms with Crippen LogP contribution >= 0.6 is 11.6 Å². The lowest BCUT2D eigenvalue weighted by Gasteiger charge is -2.13. The summed E-state index contributed by atoms with van der Waals surface area (Å²) in [6.45, 7) is 2.05. The predicted molar refractivity (Wildman–Crippen MR) is 62.3 cm³/mol. The molecule has 0 fully saturated rings. The van der Waals surface area contributed by atoms with Crippen LogP contribution in [0.15, 0.2) is 18.2 Å². The van der Waals surface area contributed by atoms with Crippen LogP contribution in [0.5, 0.6) is 5.75 Å². The lowest BCUT2D eigenvalue weighted by atomic mass is 10.2. The molecular formula is C12H14ClNO2. The molecule has 0 spiro atoms. The van der Waals surface area contributed by atoms with Crippen molar-refractivity contribution >= 4 is 11.6 Å². The van der Waals surface area contributed by atoms with Gasteiger partial charge < -0.3 is 9.84 Å². The summed E-state index contributed by atoms with van der Waals surface area (Å²) in [5, 5.41) is 18.5. The maximum Gasteiger partial charge on any atom is 0.197 e. The monoisotopic (exact) mass is 239 g/mol.